The van der Waals surface area contributed by atoms with Gasteiger partial charge in [0.05, 0.1) is 7.11 Å². The second-order valence-electron chi connectivity index (χ2n) is 9.13. The normalized spacial score (nSPS) is 18.3. The van der Waals surface area contributed by atoms with Crippen molar-refractivity contribution < 1.29 is 14.3 Å². The van der Waals surface area contributed by atoms with E-state index in [1.165, 1.54) is 24.8 Å². The maximum absolute atomic E-state index is 12.7. The number of hydrogen-bond acceptors (Lipinski definition) is 3. The van der Waals surface area contributed by atoms with Gasteiger partial charge in [-0.25, -0.2) is 0 Å². The van der Waals surface area contributed by atoms with Crippen molar-refractivity contribution in [2.45, 2.75) is 57.8 Å². The third kappa shape index (κ3) is 5.41. The first-order chi connectivity index (χ1) is 15.1. The van der Waals surface area contributed by atoms with Crippen molar-refractivity contribution in [3.05, 3.63) is 30.0 Å². The summed E-state index contributed by atoms with van der Waals surface area (Å²) < 4.78 is 5.32. The molecule has 6 nitrogen and oxygen atoms in total. The van der Waals surface area contributed by atoms with Gasteiger partial charge in [-0.2, -0.15) is 0 Å². The SMILES string of the molecule is COc1ccc2[nH]cc(CCNC(=O)CC3CCN(C(=O)C4CCCCC4)CC3)c2c1. The quantitative estimate of drug-likeness (QED) is 0.703. The van der Waals surface area contributed by atoms with Crippen LogP contribution in [0.25, 0.3) is 10.9 Å². The first-order valence-electron chi connectivity index (χ1n) is 11.8. The molecule has 1 saturated heterocycles. The molecule has 2 fully saturated rings. The molecule has 2 amide bonds. The summed E-state index contributed by atoms with van der Waals surface area (Å²) >= 11 is 0. The predicted molar refractivity (Wildman–Crippen MR) is 122 cm³/mol. The Morgan fingerprint density at radius 3 is 2.65 bits per heavy atom. The fraction of sp³-hybridized carbons (Fsp3) is 0.600. The second kappa shape index (κ2) is 10.2. The van der Waals surface area contributed by atoms with Crippen molar-refractivity contribution >= 4 is 22.7 Å². The van der Waals surface area contributed by atoms with Crippen LogP contribution in [0, 0.1) is 11.8 Å². The van der Waals surface area contributed by atoms with Gasteiger partial charge in [0.25, 0.3) is 0 Å². The first-order valence-corrected chi connectivity index (χ1v) is 11.8. The lowest BCUT2D eigenvalue weighted by molar-refractivity contribution is -0.138. The zero-order chi connectivity index (χ0) is 21.6. The summed E-state index contributed by atoms with van der Waals surface area (Å²) in [4.78, 5) is 30.5. The summed E-state index contributed by atoms with van der Waals surface area (Å²) in [6.07, 6.45) is 11.0. The maximum Gasteiger partial charge on any atom is 0.225 e. The van der Waals surface area contributed by atoms with Gasteiger partial charge in [-0.1, -0.05) is 19.3 Å². The van der Waals surface area contributed by atoms with Crippen LogP contribution in [0.15, 0.2) is 24.4 Å². The van der Waals surface area contributed by atoms with E-state index in [-0.39, 0.29) is 11.8 Å². The van der Waals surface area contributed by atoms with E-state index in [4.69, 9.17) is 4.74 Å². The fourth-order valence-electron chi connectivity index (χ4n) is 5.13. The number of fused-ring (bicyclic) bond motifs is 1. The van der Waals surface area contributed by atoms with Crippen molar-refractivity contribution in [2.75, 3.05) is 26.7 Å². The number of carbonyl (C=O) groups excluding carboxylic acids is 2. The Kier molecular flexibility index (Phi) is 7.15. The number of likely N-dealkylation sites (tertiary alicyclic amines) is 1. The third-order valence-corrected chi connectivity index (χ3v) is 7.05. The standard InChI is InChI=1S/C25H35N3O3/c1-31-21-7-8-23-22(16-21)20(17-27-23)9-12-26-24(29)15-18-10-13-28(14-11-18)25(30)19-5-3-2-4-6-19/h7-8,16-19,27H,2-6,9-15H2,1H3,(H,26,29). The Morgan fingerprint density at radius 1 is 1.13 bits per heavy atom. The molecule has 168 valence electrons. The molecule has 1 aliphatic carbocycles. The summed E-state index contributed by atoms with van der Waals surface area (Å²) in [6.45, 7) is 2.25. The Labute approximate surface area is 184 Å². The molecule has 2 N–H and O–H groups in total. The molecule has 0 spiro atoms. The summed E-state index contributed by atoms with van der Waals surface area (Å²) in [5, 5.41) is 4.22. The van der Waals surface area contributed by atoms with E-state index in [1.54, 1.807) is 7.11 Å². The Balaban J connectivity index is 1.18. The number of methoxy groups -OCH3 is 1. The number of aromatic nitrogens is 1. The number of benzene rings is 1. The topological polar surface area (TPSA) is 74.4 Å². The van der Waals surface area contributed by atoms with Gasteiger partial charge in [0, 0.05) is 49.1 Å². The average Bonchev–Trinajstić information content (AvgIpc) is 3.22. The van der Waals surface area contributed by atoms with Gasteiger partial charge in [0.15, 0.2) is 0 Å². The van der Waals surface area contributed by atoms with Gasteiger partial charge in [-0.15, -0.1) is 0 Å². The van der Waals surface area contributed by atoms with Crippen molar-refractivity contribution in [1.82, 2.24) is 15.2 Å². The van der Waals surface area contributed by atoms with E-state index in [1.807, 2.05) is 24.4 Å². The minimum atomic E-state index is 0.120. The van der Waals surface area contributed by atoms with E-state index in [0.29, 0.717) is 24.8 Å². The summed E-state index contributed by atoms with van der Waals surface area (Å²) in [7, 11) is 1.67. The number of piperidine rings is 1. The molecule has 0 atom stereocenters. The number of H-pyrrole nitrogens is 1. The molecule has 1 aromatic heterocycles. The van der Waals surface area contributed by atoms with Crippen LogP contribution in [0.5, 0.6) is 5.75 Å². The van der Waals surface area contributed by atoms with Crippen LogP contribution in [0.3, 0.4) is 0 Å². The van der Waals surface area contributed by atoms with Crippen LogP contribution in [-0.2, 0) is 16.0 Å². The predicted octanol–water partition coefficient (Wildman–Crippen LogP) is 4.04. The van der Waals surface area contributed by atoms with Gasteiger partial charge in [0.1, 0.15) is 5.75 Å². The highest BCUT2D eigenvalue weighted by molar-refractivity contribution is 5.84. The Morgan fingerprint density at radius 2 is 1.90 bits per heavy atom. The van der Waals surface area contributed by atoms with Gasteiger partial charge < -0.3 is 19.9 Å². The minimum Gasteiger partial charge on any atom is -0.497 e. The monoisotopic (exact) mass is 425 g/mol. The molecule has 1 aromatic carbocycles. The van der Waals surface area contributed by atoms with Crippen molar-refractivity contribution in [3.8, 4) is 5.75 Å². The fourth-order valence-corrected chi connectivity index (χ4v) is 5.13. The van der Waals surface area contributed by atoms with E-state index in [9.17, 15) is 9.59 Å². The molecule has 4 rings (SSSR count). The van der Waals surface area contributed by atoms with E-state index in [2.05, 4.69) is 15.2 Å². The van der Waals surface area contributed by atoms with Gasteiger partial charge >= 0.3 is 0 Å². The molecule has 1 saturated carbocycles. The number of hydrogen-bond donors (Lipinski definition) is 2. The van der Waals surface area contributed by atoms with Crippen molar-refractivity contribution in [2.24, 2.45) is 11.8 Å². The Hall–Kier alpha value is -2.50. The van der Waals surface area contributed by atoms with E-state index >= 15 is 0 Å². The van der Waals surface area contributed by atoms with Crippen LogP contribution >= 0.6 is 0 Å². The number of nitrogens with zero attached hydrogens (tertiary/aromatic N) is 1. The summed E-state index contributed by atoms with van der Waals surface area (Å²) in [5.74, 6) is 1.95. The zero-order valence-electron chi connectivity index (χ0n) is 18.6. The van der Waals surface area contributed by atoms with Crippen LogP contribution in [0.1, 0.15) is 56.9 Å². The summed E-state index contributed by atoms with van der Waals surface area (Å²) in [6, 6.07) is 5.99. The number of aromatic amines is 1. The lowest BCUT2D eigenvalue weighted by Crippen LogP contribution is -2.43. The molecular weight excluding hydrogens is 390 g/mol. The molecular formula is C25H35N3O3. The van der Waals surface area contributed by atoms with Crippen LogP contribution < -0.4 is 10.1 Å². The molecule has 0 radical (unpaired) electrons. The first kappa shape index (κ1) is 21.7. The largest absolute Gasteiger partial charge is 0.497 e. The van der Waals surface area contributed by atoms with Gasteiger partial charge in [-0.05, 0) is 61.8 Å². The smallest absolute Gasteiger partial charge is 0.225 e. The van der Waals surface area contributed by atoms with Gasteiger partial charge in [-0.3, -0.25) is 9.59 Å². The zero-order valence-corrected chi connectivity index (χ0v) is 18.6. The van der Waals surface area contributed by atoms with E-state index in [0.717, 1.165) is 61.8 Å². The average molecular weight is 426 g/mol. The lowest BCUT2D eigenvalue weighted by atomic mass is 9.87. The summed E-state index contributed by atoms with van der Waals surface area (Å²) in [5.41, 5.74) is 2.26. The molecule has 6 heteroatoms. The number of carbonyl (C=O) groups is 2. The lowest BCUT2D eigenvalue weighted by Gasteiger charge is -2.35. The number of nitrogens with one attached hydrogen (secondary N) is 2. The molecule has 2 heterocycles. The second-order valence-corrected chi connectivity index (χ2v) is 9.13. The van der Waals surface area contributed by atoms with Crippen LogP contribution in [-0.4, -0.2) is 48.4 Å². The number of rotatable bonds is 7. The minimum absolute atomic E-state index is 0.120. The molecule has 2 aliphatic rings. The highest BCUT2D eigenvalue weighted by Crippen LogP contribution is 2.28. The number of amides is 2. The van der Waals surface area contributed by atoms with Crippen molar-refractivity contribution in [1.29, 1.82) is 0 Å². The molecule has 1 aliphatic heterocycles. The Bertz CT molecular complexity index is 893. The molecule has 0 bridgehead atoms. The van der Waals surface area contributed by atoms with Crippen molar-refractivity contribution in [3.63, 3.8) is 0 Å². The molecule has 0 unspecified atom stereocenters. The maximum atomic E-state index is 12.7. The third-order valence-electron chi connectivity index (χ3n) is 7.05. The van der Waals surface area contributed by atoms with Crippen LogP contribution in [0.4, 0.5) is 0 Å². The molecule has 31 heavy (non-hydrogen) atoms. The highest BCUT2D eigenvalue weighted by Gasteiger charge is 2.29. The van der Waals surface area contributed by atoms with Crippen LogP contribution in [0.2, 0.25) is 0 Å². The van der Waals surface area contributed by atoms with Gasteiger partial charge in [0.2, 0.25) is 11.8 Å². The highest BCUT2D eigenvalue weighted by atomic mass is 16.5. The molecule has 2 aromatic rings. The van der Waals surface area contributed by atoms with E-state index < -0.39 is 0 Å². The number of ether oxygens (including phenoxy) is 1.